The molecule has 1 aromatic carbocycles. The van der Waals surface area contributed by atoms with Gasteiger partial charge < -0.3 is 5.32 Å². The molecular weight excluding hydrogens is 222 g/mol. The molecule has 2 aromatic rings. The summed E-state index contributed by atoms with van der Waals surface area (Å²) in [6.07, 6.45) is 4.66. The number of nitrogens with one attached hydrogen (secondary N) is 1. The fraction of sp³-hybridized carbons (Fsp3) is 0.200. The first-order valence-corrected chi connectivity index (χ1v) is 6.19. The van der Waals surface area contributed by atoms with Crippen LogP contribution >= 0.6 is 0 Å². The minimum Gasteiger partial charge on any atom is -0.366 e. The molecule has 3 heteroatoms. The molecule has 0 spiro atoms. The summed E-state index contributed by atoms with van der Waals surface area (Å²) in [4.78, 5) is 8.59. The molecule has 1 N–H and O–H groups in total. The molecule has 0 aliphatic carbocycles. The highest BCUT2D eigenvalue weighted by Crippen LogP contribution is 2.14. The van der Waals surface area contributed by atoms with E-state index in [1.807, 2.05) is 24.5 Å². The number of pyridine rings is 1. The lowest BCUT2D eigenvalue weighted by atomic mass is 10.0. The van der Waals surface area contributed by atoms with E-state index in [0.717, 1.165) is 25.3 Å². The molecule has 2 heterocycles. The number of hydrogen-bond donors (Lipinski definition) is 1. The molecule has 1 aliphatic heterocycles. The number of rotatable bonds is 2. The van der Waals surface area contributed by atoms with Crippen LogP contribution in [0.4, 0.5) is 0 Å². The topological polar surface area (TPSA) is 37.3 Å². The van der Waals surface area contributed by atoms with Crippen LogP contribution < -0.4 is 5.32 Å². The number of amidine groups is 1. The summed E-state index contributed by atoms with van der Waals surface area (Å²) in [6.45, 7) is 1.66. The lowest BCUT2D eigenvalue weighted by molar-refractivity contribution is 0.861. The number of nitrogens with zero attached hydrogens (tertiary/aromatic N) is 2. The van der Waals surface area contributed by atoms with Crippen molar-refractivity contribution in [2.24, 2.45) is 4.99 Å². The van der Waals surface area contributed by atoms with E-state index in [4.69, 9.17) is 0 Å². The number of hydrogen-bond acceptors (Lipinski definition) is 3. The van der Waals surface area contributed by atoms with Gasteiger partial charge in [0.1, 0.15) is 5.84 Å². The van der Waals surface area contributed by atoms with Crippen molar-refractivity contribution in [1.29, 1.82) is 0 Å². The van der Waals surface area contributed by atoms with Crippen molar-refractivity contribution in [2.45, 2.75) is 13.0 Å². The Balaban J connectivity index is 1.76. The Hall–Kier alpha value is -2.16. The Labute approximate surface area is 107 Å². The Morgan fingerprint density at radius 1 is 1.06 bits per heavy atom. The molecule has 0 bridgehead atoms. The van der Waals surface area contributed by atoms with Gasteiger partial charge in [-0.1, -0.05) is 24.3 Å². The molecule has 90 valence electrons. The monoisotopic (exact) mass is 237 g/mol. The van der Waals surface area contributed by atoms with Crippen LogP contribution in [0.5, 0.6) is 0 Å². The first-order valence-electron chi connectivity index (χ1n) is 6.19. The average molecular weight is 237 g/mol. The van der Waals surface area contributed by atoms with Crippen LogP contribution in [-0.4, -0.2) is 17.4 Å². The Bertz CT molecular complexity index is 561. The second-order valence-corrected chi connectivity index (χ2v) is 4.35. The van der Waals surface area contributed by atoms with E-state index in [0.29, 0.717) is 0 Å². The maximum absolute atomic E-state index is 4.58. The SMILES string of the molecule is c1ccc2c(c1)CCN=C2NCc1ccncc1. The van der Waals surface area contributed by atoms with Crippen LogP contribution in [0.1, 0.15) is 16.7 Å². The molecule has 0 radical (unpaired) electrons. The number of benzene rings is 1. The van der Waals surface area contributed by atoms with E-state index in [1.165, 1.54) is 16.7 Å². The normalized spacial score (nSPS) is 13.7. The molecule has 3 rings (SSSR count). The second-order valence-electron chi connectivity index (χ2n) is 4.35. The molecule has 0 saturated heterocycles. The summed E-state index contributed by atoms with van der Waals surface area (Å²) in [5, 5.41) is 3.42. The van der Waals surface area contributed by atoms with Gasteiger partial charge >= 0.3 is 0 Å². The first kappa shape index (κ1) is 11.0. The maximum atomic E-state index is 4.58. The maximum Gasteiger partial charge on any atom is 0.128 e. The van der Waals surface area contributed by atoms with Gasteiger partial charge in [0.2, 0.25) is 0 Å². The summed E-state index contributed by atoms with van der Waals surface area (Å²) in [5.41, 5.74) is 3.83. The number of aliphatic imine (C=N–C) groups is 1. The van der Waals surface area contributed by atoms with Crippen molar-refractivity contribution in [3.63, 3.8) is 0 Å². The van der Waals surface area contributed by atoms with E-state index >= 15 is 0 Å². The molecule has 18 heavy (non-hydrogen) atoms. The minimum atomic E-state index is 0.787. The van der Waals surface area contributed by atoms with E-state index < -0.39 is 0 Å². The molecule has 1 aliphatic rings. The summed E-state index contributed by atoms with van der Waals surface area (Å²) in [7, 11) is 0. The second kappa shape index (κ2) is 5.00. The third-order valence-electron chi connectivity index (χ3n) is 3.13. The third kappa shape index (κ3) is 2.25. The first-order chi connectivity index (χ1) is 8.93. The average Bonchev–Trinajstić information content (AvgIpc) is 2.46. The molecule has 1 aromatic heterocycles. The molecule has 0 fully saturated rings. The van der Waals surface area contributed by atoms with Crippen molar-refractivity contribution in [3.8, 4) is 0 Å². The predicted octanol–water partition coefficient (Wildman–Crippen LogP) is 2.17. The summed E-state index contributed by atoms with van der Waals surface area (Å²) < 4.78 is 0. The van der Waals surface area contributed by atoms with Crippen LogP contribution in [0.2, 0.25) is 0 Å². The van der Waals surface area contributed by atoms with E-state index in [2.05, 4.69) is 39.6 Å². The standard InChI is InChI=1S/C15H15N3/c1-2-4-14-13(3-1)7-10-17-15(14)18-11-12-5-8-16-9-6-12/h1-6,8-9H,7,10-11H2,(H,17,18). The van der Waals surface area contributed by atoms with Crippen molar-refractivity contribution in [2.75, 3.05) is 6.54 Å². The van der Waals surface area contributed by atoms with Crippen molar-refractivity contribution in [3.05, 3.63) is 65.5 Å². The van der Waals surface area contributed by atoms with Gasteiger partial charge in [-0.15, -0.1) is 0 Å². The lowest BCUT2D eigenvalue weighted by Crippen LogP contribution is -2.28. The summed E-state index contributed by atoms with van der Waals surface area (Å²) >= 11 is 0. The van der Waals surface area contributed by atoms with Gasteiger partial charge in [0.05, 0.1) is 0 Å². The summed E-state index contributed by atoms with van der Waals surface area (Å²) in [5.74, 6) is 1.01. The van der Waals surface area contributed by atoms with Gasteiger partial charge in [0.15, 0.2) is 0 Å². The van der Waals surface area contributed by atoms with E-state index in [9.17, 15) is 0 Å². The Kier molecular flexibility index (Phi) is 3.05. The minimum absolute atomic E-state index is 0.787. The van der Waals surface area contributed by atoms with Crippen molar-refractivity contribution < 1.29 is 0 Å². The zero-order valence-corrected chi connectivity index (χ0v) is 10.1. The van der Waals surface area contributed by atoms with Crippen LogP contribution in [0.15, 0.2) is 53.8 Å². The highest BCUT2D eigenvalue weighted by atomic mass is 15.0. The van der Waals surface area contributed by atoms with Gasteiger partial charge in [-0.2, -0.15) is 0 Å². The lowest BCUT2D eigenvalue weighted by Gasteiger charge is -2.18. The van der Waals surface area contributed by atoms with E-state index in [1.54, 1.807) is 0 Å². The number of aromatic nitrogens is 1. The molecule has 0 unspecified atom stereocenters. The summed E-state index contributed by atoms with van der Waals surface area (Å²) in [6, 6.07) is 12.5. The fourth-order valence-electron chi connectivity index (χ4n) is 2.18. The largest absolute Gasteiger partial charge is 0.366 e. The van der Waals surface area contributed by atoms with Gasteiger partial charge in [-0.05, 0) is 29.7 Å². The van der Waals surface area contributed by atoms with E-state index in [-0.39, 0.29) is 0 Å². The molecule has 3 nitrogen and oxygen atoms in total. The van der Waals surface area contributed by atoms with Crippen LogP contribution in [-0.2, 0) is 13.0 Å². The highest BCUT2D eigenvalue weighted by Gasteiger charge is 2.12. The van der Waals surface area contributed by atoms with Gasteiger partial charge in [0.25, 0.3) is 0 Å². The zero-order chi connectivity index (χ0) is 12.2. The number of fused-ring (bicyclic) bond motifs is 1. The van der Waals surface area contributed by atoms with Crippen LogP contribution in [0.25, 0.3) is 0 Å². The highest BCUT2D eigenvalue weighted by molar-refractivity contribution is 6.00. The fourth-order valence-corrected chi connectivity index (χ4v) is 2.18. The molecule has 0 amide bonds. The van der Waals surface area contributed by atoms with Crippen LogP contribution in [0.3, 0.4) is 0 Å². The molecule has 0 atom stereocenters. The van der Waals surface area contributed by atoms with Gasteiger partial charge in [0, 0.05) is 31.0 Å². The Morgan fingerprint density at radius 3 is 2.78 bits per heavy atom. The molecular formula is C15H15N3. The van der Waals surface area contributed by atoms with Crippen molar-refractivity contribution in [1.82, 2.24) is 10.3 Å². The third-order valence-corrected chi connectivity index (χ3v) is 3.13. The van der Waals surface area contributed by atoms with Gasteiger partial charge in [-0.3, -0.25) is 9.98 Å². The smallest absolute Gasteiger partial charge is 0.128 e. The zero-order valence-electron chi connectivity index (χ0n) is 10.1. The van der Waals surface area contributed by atoms with Crippen LogP contribution in [0, 0.1) is 0 Å². The Morgan fingerprint density at radius 2 is 1.89 bits per heavy atom. The van der Waals surface area contributed by atoms with Gasteiger partial charge in [-0.25, -0.2) is 0 Å². The van der Waals surface area contributed by atoms with Crippen molar-refractivity contribution >= 4 is 5.84 Å². The quantitative estimate of drug-likeness (QED) is 0.869. The molecule has 0 saturated carbocycles. The predicted molar refractivity (Wildman–Crippen MR) is 72.6 cm³/mol.